The SMILES string of the molecule is O=S(=O)(c1ccc(Br)cc1)c1nc(-c2cccs2)oc1NCCCN1CCOCC1. The van der Waals surface area contributed by atoms with Gasteiger partial charge in [-0.15, -0.1) is 11.3 Å². The first-order valence-electron chi connectivity index (χ1n) is 9.63. The number of sulfone groups is 1. The number of thiophene rings is 1. The van der Waals surface area contributed by atoms with Crippen LogP contribution < -0.4 is 5.32 Å². The molecule has 7 nitrogen and oxygen atoms in total. The van der Waals surface area contributed by atoms with Crippen molar-refractivity contribution < 1.29 is 17.6 Å². The van der Waals surface area contributed by atoms with Crippen LogP contribution in [0.2, 0.25) is 0 Å². The van der Waals surface area contributed by atoms with Crippen LogP contribution in [-0.2, 0) is 14.6 Å². The molecule has 1 aliphatic rings. The van der Waals surface area contributed by atoms with Crippen LogP contribution in [0.5, 0.6) is 0 Å². The molecule has 10 heteroatoms. The molecule has 3 aromatic rings. The second-order valence-corrected chi connectivity index (χ2v) is 10.6. The van der Waals surface area contributed by atoms with E-state index in [1.807, 2.05) is 17.5 Å². The number of hydrogen-bond acceptors (Lipinski definition) is 8. The molecule has 1 N–H and O–H groups in total. The maximum absolute atomic E-state index is 13.2. The number of anilines is 1. The summed E-state index contributed by atoms with van der Waals surface area (Å²) in [7, 11) is -3.82. The summed E-state index contributed by atoms with van der Waals surface area (Å²) in [6.07, 6.45) is 0.854. The van der Waals surface area contributed by atoms with Gasteiger partial charge in [-0.2, -0.15) is 4.98 Å². The lowest BCUT2D eigenvalue weighted by atomic mass is 10.3. The molecule has 0 radical (unpaired) electrons. The van der Waals surface area contributed by atoms with Gasteiger partial charge in [0, 0.05) is 24.1 Å². The Kier molecular flexibility index (Phi) is 6.89. The molecule has 0 bridgehead atoms. The fourth-order valence-corrected chi connectivity index (χ4v) is 5.35. The van der Waals surface area contributed by atoms with Gasteiger partial charge in [-0.1, -0.05) is 22.0 Å². The molecule has 4 rings (SSSR count). The van der Waals surface area contributed by atoms with Crippen LogP contribution in [0.15, 0.2) is 60.6 Å². The first-order valence-corrected chi connectivity index (χ1v) is 12.8. The van der Waals surface area contributed by atoms with Crippen LogP contribution in [0, 0.1) is 0 Å². The molecule has 1 aliphatic heterocycles. The minimum absolute atomic E-state index is 0.0837. The molecule has 1 saturated heterocycles. The van der Waals surface area contributed by atoms with Crippen molar-refractivity contribution >= 4 is 43.0 Å². The Morgan fingerprint density at radius 2 is 1.93 bits per heavy atom. The van der Waals surface area contributed by atoms with Crippen molar-refractivity contribution in [3.63, 3.8) is 0 Å². The zero-order chi connectivity index (χ0) is 21.0. The van der Waals surface area contributed by atoms with Gasteiger partial charge in [-0.05, 0) is 48.7 Å². The summed E-state index contributed by atoms with van der Waals surface area (Å²) in [4.78, 5) is 7.64. The first kappa shape index (κ1) is 21.5. The van der Waals surface area contributed by atoms with E-state index in [1.54, 1.807) is 24.3 Å². The van der Waals surface area contributed by atoms with E-state index in [0.29, 0.717) is 12.4 Å². The summed E-state index contributed by atoms with van der Waals surface area (Å²) in [5.41, 5.74) is 0. The van der Waals surface area contributed by atoms with Gasteiger partial charge >= 0.3 is 0 Å². The van der Waals surface area contributed by atoms with E-state index in [0.717, 1.165) is 48.6 Å². The predicted octanol–water partition coefficient (Wildman–Crippen LogP) is 4.13. The Labute approximate surface area is 188 Å². The van der Waals surface area contributed by atoms with Crippen LogP contribution in [0.4, 0.5) is 5.88 Å². The van der Waals surface area contributed by atoms with Gasteiger partial charge in [0.05, 0.1) is 23.0 Å². The molecule has 160 valence electrons. The molecule has 1 fully saturated rings. The normalized spacial score (nSPS) is 15.4. The van der Waals surface area contributed by atoms with Crippen molar-refractivity contribution in [2.24, 2.45) is 0 Å². The Balaban J connectivity index is 1.54. The summed E-state index contributed by atoms with van der Waals surface area (Å²) in [5.74, 6) is 0.486. The van der Waals surface area contributed by atoms with E-state index in [4.69, 9.17) is 9.15 Å². The highest BCUT2D eigenvalue weighted by atomic mass is 79.9. The van der Waals surface area contributed by atoms with Crippen LogP contribution in [0.1, 0.15) is 6.42 Å². The number of ether oxygens (including phenoxy) is 1. The zero-order valence-electron chi connectivity index (χ0n) is 16.2. The van der Waals surface area contributed by atoms with E-state index in [2.05, 4.69) is 31.1 Å². The molecule has 0 aliphatic carbocycles. The van der Waals surface area contributed by atoms with Gasteiger partial charge in [0.15, 0.2) is 0 Å². The molecule has 0 spiro atoms. The van der Waals surface area contributed by atoms with Gasteiger partial charge in [-0.25, -0.2) is 8.42 Å². The van der Waals surface area contributed by atoms with Gasteiger partial charge in [0.1, 0.15) is 0 Å². The van der Waals surface area contributed by atoms with E-state index in [9.17, 15) is 8.42 Å². The highest BCUT2D eigenvalue weighted by molar-refractivity contribution is 9.10. The largest absolute Gasteiger partial charge is 0.418 e. The fraction of sp³-hybridized carbons (Fsp3) is 0.350. The Morgan fingerprint density at radius 3 is 2.63 bits per heavy atom. The van der Waals surface area contributed by atoms with Crippen molar-refractivity contribution in [1.29, 1.82) is 0 Å². The monoisotopic (exact) mass is 511 g/mol. The van der Waals surface area contributed by atoms with Crippen LogP contribution in [0.3, 0.4) is 0 Å². The van der Waals surface area contributed by atoms with Gasteiger partial charge in [0.25, 0.3) is 0 Å². The Morgan fingerprint density at radius 1 is 1.17 bits per heavy atom. The second kappa shape index (κ2) is 9.61. The molecule has 0 saturated carbocycles. The molecular weight excluding hydrogens is 490 g/mol. The molecule has 0 unspecified atom stereocenters. The number of nitrogens with one attached hydrogen (secondary N) is 1. The number of hydrogen-bond donors (Lipinski definition) is 1. The van der Waals surface area contributed by atoms with Crippen LogP contribution in [0.25, 0.3) is 10.8 Å². The molecule has 2 aromatic heterocycles. The molecule has 30 heavy (non-hydrogen) atoms. The number of nitrogens with zero attached hydrogens (tertiary/aromatic N) is 2. The zero-order valence-corrected chi connectivity index (χ0v) is 19.4. The fourth-order valence-electron chi connectivity index (χ4n) is 3.16. The smallest absolute Gasteiger partial charge is 0.240 e. The summed E-state index contributed by atoms with van der Waals surface area (Å²) < 4.78 is 38.5. The second-order valence-electron chi connectivity index (χ2n) is 6.82. The Hall–Kier alpha value is -1.72. The number of benzene rings is 1. The van der Waals surface area contributed by atoms with Gasteiger partial charge in [0.2, 0.25) is 26.6 Å². The maximum atomic E-state index is 13.2. The van der Waals surface area contributed by atoms with Crippen LogP contribution >= 0.6 is 27.3 Å². The summed E-state index contributed by atoms with van der Waals surface area (Å²) in [6.45, 7) is 4.86. The van der Waals surface area contributed by atoms with Crippen molar-refractivity contribution in [2.45, 2.75) is 16.3 Å². The summed E-state index contributed by atoms with van der Waals surface area (Å²) in [6, 6.07) is 10.2. The predicted molar refractivity (Wildman–Crippen MR) is 120 cm³/mol. The minimum Gasteiger partial charge on any atom is -0.418 e. The standard InChI is InChI=1S/C20H22BrN3O4S2/c21-15-4-6-16(7-5-15)30(25,26)20-19(28-18(23-20)17-3-1-14-29-17)22-8-2-9-24-10-12-27-13-11-24/h1,3-7,14,22H,2,8-13H2. The van der Waals surface area contributed by atoms with Crippen molar-refractivity contribution in [1.82, 2.24) is 9.88 Å². The Bertz CT molecular complexity index is 1060. The quantitative estimate of drug-likeness (QED) is 0.455. The molecule has 0 atom stereocenters. The highest BCUT2D eigenvalue weighted by Gasteiger charge is 2.28. The van der Waals surface area contributed by atoms with E-state index >= 15 is 0 Å². The van der Waals surface area contributed by atoms with Crippen molar-refractivity contribution in [3.05, 3.63) is 46.3 Å². The maximum Gasteiger partial charge on any atom is 0.240 e. The summed E-state index contributed by atoms with van der Waals surface area (Å²) in [5, 5.41) is 4.97. The number of oxazole rings is 1. The highest BCUT2D eigenvalue weighted by Crippen LogP contribution is 2.34. The number of halogens is 1. The van der Waals surface area contributed by atoms with Crippen LogP contribution in [-0.4, -0.2) is 57.7 Å². The third-order valence-electron chi connectivity index (χ3n) is 4.75. The first-order chi connectivity index (χ1) is 14.5. The average molecular weight is 512 g/mol. The molecular formula is C20H22BrN3O4S2. The van der Waals surface area contributed by atoms with Crippen molar-refractivity contribution in [3.8, 4) is 10.8 Å². The van der Waals surface area contributed by atoms with Gasteiger partial charge < -0.3 is 14.5 Å². The van der Waals surface area contributed by atoms with Gasteiger partial charge in [-0.3, -0.25) is 4.90 Å². The number of aromatic nitrogens is 1. The van der Waals surface area contributed by atoms with E-state index in [1.165, 1.54) is 11.3 Å². The topological polar surface area (TPSA) is 84.7 Å². The minimum atomic E-state index is -3.82. The molecule has 3 heterocycles. The lowest BCUT2D eigenvalue weighted by Crippen LogP contribution is -2.37. The van der Waals surface area contributed by atoms with E-state index in [-0.39, 0.29) is 15.8 Å². The molecule has 0 amide bonds. The third kappa shape index (κ3) is 4.94. The number of morpholine rings is 1. The lowest BCUT2D eigenvalue weighted by molar-refractivity contribution is 0.0378. The third-order valence-corrected chi connectivity index (χ3v) is 7.81. The van der Waals surface area contributed by atoms with E-state index < -0.39 is 9.84 Å². The number of rotatable bonds is 8. The molecule has 1 aromatic carbocycles. The summed E-state index contributed by atoms with van der Waals surface area (Å²) >= 11 is 4.79. The lowest BCUT2D eigenvalue weighted by Gasteiger charge is -2.26. The average Bonchev–Trinajstić information content (AvgIpc) is 3.42. The van der Waals surface area contributed by atoms with Crippen molar-refractivity contribution in [2.75, 3.05) is 44.7 Å².